The van der Waals surface area contributed by atoms with Crippen LogP contribution in [0.15, 0.2) is 18.2 Å². The van der Waals surface area contributed by atoms with Gasteiger partial charge in [-0.1, -0.05) is 24.6 Å². The zero-order chi connectivity index (χ0) is 14.7. The number of hydrogen-bond acceptors (Lipinski definition) is 4. The van der Waals surface area contributed by atoms with Crippen molar-refractivity contribution < 1.29 is 4.74 Å². The highest BCUT2D eigenvalue weighted by molar-refractivity contribution is 7.11. The van der Waals surface area contributed by atoms with Crippen molar-refractivity contribution in [3.8, 4) is 5.75 Å². The van der Waals surface area contributed by atoms with Gasteiger partial charge in [-0.25, -0.2) is 4.98 Å². The lowest BCUT2D eigenvalue weighted by Gasteiger charge is -2.15. The second-order valence-electron chi connectivity index (χ2n) is 4.52. The van der Waals surface area contributed by atoms with Gasteiger partial charge in [0, 0.05) is 4.88 Å². The Hall–Kier alpha value is -1.10. The minimum absolute atomic E-state index is 0.0578. The van der Waals surface area contributed by atoms with E-state index in [0.717, 1.165) is 17.0 Å². The third kappa shape index (κ3) is 2.97. The molecule has 1 unspecified atom stereocenters. The molecule has 0 radical (unpaired) electrons. The first-order valence-corrected chi connectivity index (χ1v) is 7.77. The molecule has 2 rings (SSSR count). The van der Waals surface area contributed by atoms with Crippen molar-refractivity contribution in [3.63, 3.8) is 0 Å². The van der Waals surface area contributed by atoms with Crippen LogP contribution in [0.4, 0.5) is 0 Å². The minimum atomic E-state index is 0.0578. The first-order chi connectivity index (χ1) is 9.60. The van der Waals surface area contributed by atoms with E-state index in [2.05, 4.69) is 19.2 Å². The number of aryl methyl sites for hydroxylation is 2. The van der Waals surface area contributed by atoms with Crippen molar-refractivity contribution in [2.45, 2.75) is 26.3 Å². The molecular weight excluding hydrogens is 292 g/mol. The molecule has 0 saturated carbocycles. The Balaban J connectivity index is 2.38. The third-order valence-corrected chi connectivity index (χ3v) is 4.66. The van der Waals surface area contributed by atoms with Crippen LogP contribution in [0.3, 0.4) is 0 Å². The zero-order valence-electron chi connectivity index (χ0n) is 12.2. The van der Waals surface area contributed by atoms with E-state index in [1.807, 2.05) is 25.2 Å². The average molecular weight is 311 g/mol. The van der Waals surface area contributed by atoms with Gasteiger partial charge in [-0.05, 0) is 38.1 Å². The number of ether oxygens (including phenoxy) is 1. The fraction of sp³-hybridized carbons (Fsp3) is 0.400. The first kappa shape index (κ1) is 15.3. The Kier molecular flexibility index (Phi) is 5.02. The number of benzene rings is 1. The lowest BCUT2D eigenvalue weighted by Crippen LogP contribution is -2.17. The van der Waals surface area contributed by atoms with Gasteiger partial charge in [-0.2, -0.15) is 0 Å². The summed E-state index contributed by atoms with van der Waals surface area (Å²) >= 11 is 7.95. The zero-order valence-corrected chi connectivity index (χ0v) is 13.7. The van der Waals surface area contributed by atoms with Gasteiger partial charge < -0.3 is 10.1 Å². The maximum atomic E-state index is 6.21. The molecule has 5 heteroatoms. The van der Waals surface area contributed by atoms with Gasteiger partial charge in [0.25, 0.3) is 0 Å². The van der Waals surface area contributed by atoms with Crippen LogP contribution in [-0.4, -0.2) is 19.1 Å². The van der Waals surface area contributed by atoms with Gasteiger partial charge in [0.2, 0.25) is 0 Å². The summed E-state index contributed by atoms with van der Waals surface area (Å²) in [4.78, 5) is 6.01. The largest absolute Gasteiger partial charge is 0.495 e. The standard InChI is InChI=1S/C15H19ClN2OS/c1-5-12-9(2)20-15(18-12)14(17-3)10-6-7-13(19-4)11(16)8-10/h6-8,14,17H,5H2,1-4H3. The molecule has 1 atom stereocenters. The van der Waals surface area contributed by atoms with Gasteiger partial charge in [-0.15, -0.1) is 11.3 Å². The van der Waals surface area contributed by atoms with E-state index < -0.39 is 0 Å². The Morgan fingerprint density at radius 1 is 1.45 bits per heavy atom. The number of aromatic nitrogens is 1. The van der Waals surface area contributed by atoms with Crippen LogP contribution in [0.25, 0.3) is 0 Å². The number of methoxy groups -OCH3 is 1. The molecule has 20 heavy (non-hydrogen) atoms. The summed E-state index contributed by atoms with van der Waals surface area (Å²) in [6, 6.07) is 5.91. The molecule has 0 bridgehead atoms. The van der Waals surface area contributed by atoms with Crippen molar-refractivity contribution >= 4 is 22.9 Å². The number of thiazole rings is 1. The average Bonchev–Trinajstić information content (AvgIpc) is 2.81. The molecule has 0 aliphatic heterocycles. The molecule has 0 aliphatic carbocycles. The number of halogens is 1. The lowest BCUT2D eigenvalue weighted by atomic mass is 10.1. The fourth-order valence-corrected chi connectivity index (χ4v) is 3.61. The van der Waals surface area contributed by atoms with Crippen LogP contribution in [0.2, 0.25) is 5.02 Å². The highest BCUT2D eigenvalue weighted by Gasteiger charge is 2.18. The Bertz CT molecular complexity index is 598. The van der Waals surface area contributed by atoms with Crippen molar-refractivity contribution in [3.05, 3.63) is 44.4 Å². The second-order valence-corrected chi connectivity index (χ2v) is 6.17. The predicted octanol–water partition coefficient (Wildman–Crippen LogP) is 3.98. The van der Waals surface area contributed by atoms with E-state index >= 15 is 0 Å². The fourth-order valence-electron chi connectivity index (χ4n) is 2.20. The highest BCUT2D eigenvalue weighted by atomic mass is 35.5. The molecule has 0 spiro atoms. The van der Waals surface area contributed by atoms with Crippen LogP contribution in [0.1, 0.15) is 34.1 Å². The molecule has 1 heterocycles. The van der Waals surface area contributed by atoms with Crippen LogP contribution < -0.4 is 10.1 Å². The second kappa shape index (κ2) is 6.57. The lowest BCUT2D eigenvalue weighted by molar-refractivity contribution is 0.414. The van der Waals surface area contributed by atoms with E-state index in [0.29, 0.717) is 10.8 Å². The predicted molar refractivity (Wildman–Crippen MR) is 85.1 cm³/mol. The smallest absolute Gasteiger partial charge is 0.137 e. The Labute approximate surface area is 129 Å². The van der Waals surface area contributed by atoms with Crippen LogP contribution in [-0.2, 0) is 6.42 Å². The quantitative estimate of drug-likeness (QED) is 0.907. The number of nitrogens with zero attached hydrogens (tertiary/aromatic N) is 1. The van der Waals surface area contributed by atoms with Crippen LogP contribution >= 0.6 is 22.9 Å². The van der Waals surface area contributed by atoms with Crippen molar-refractivity contribution in [1.29, 1.82) is 0 Å². The van der Waals surface area contributed by atoms with Gasteiger partial charge in [0.05, 0.1) is 23.9 Å². The Morgan fingerprint density at radius 3 is 2.70 bits per heavy atom. The topological polar surface area (TPSA) is 34.2 Å². The summed E-state index contributed by atoms with van der Waals surface area (Å²) in [5.74, 6) is 0.690. The molecule has 0 fully saturated rings. The summed E-state index contributed by atoms with van der Waals surface area (Å²) in [6.45, 7) is 4.25. The van der Waals surface area contributed by atoms with Crippen molar-refractivity contribution in [1.82, 2.24) is 10.3 Å². The maximum absolute atomic E-state index is 6.21. The van der Waals surface area contributed by atoms with Gasteiger partial charge in [-0.3, -0.25) is 0 Å². The molecule has 0 amide bonds. The SMILES string of the molecule is CCc1nc(C(NC)c2ccc(OC)c(Cl)c2)sc1C. The molecule has 1 aromatic heterocycles. The maximum Gasteiger partial charge on any atom is 0.137 e. The molecule has 1 aromatic carbocycles. The van der Waals surface area contributed by atoms with E-state index in [9.17, 15) is 0 Å². The number of hydrogen-bond donors (Lipinski definition) is 1. The molecule has 108 valence electrons. The highest BCUT2D eigenvalue weighted by Crippen LogP contribution is 2.32. The summed E-state index contributed by atoms with van der Waals surface area (Å²) in [5, 5.41) is 5.00. The summed E-state index contributed by atoms with van der Waals surface area (Å²) in [5.41, 5.74) is 2.26. The summed E-state index contributed by atoms with van der Waals surface area (Å²) < 4.78 is 5.19. The Morgan fingerprint density at radius 2 is 2.20 bits per heavy atom. The van der Waals surface area contributed by atoms with Crippen LogP contribution in [0.5, 0.6) is 5.75 Å². The van der Waals surface area contributed by atoms with Crippen LogP contribution in [0, 0.1) is 6.92 Å². The van der Waals surface area contributed by atoms with Crippen molar-refractivity contribution in [2.75, 3.05) is 14.2 Å². The van der Waals surface area contributed by atoms with E-state index in [4.69, 9.17) is 21.3 Å². The summed E-state index contributed by atoms with van der Waals surface area (Å²) in [6.07, 6.45) is 0.960. The number of nitrogens with one attached hydrogen (secondary N) is 1. The van der Waals surface area contributed by atoms with Crippen molar-refractivity contribution in [2.24, 2.45) is 0 Å². The number of rotatable bonds is 5. The monoisotopic (exact) mass is 310 g/mol. The first-order valence-electron chi connectivity index (χ1n) is 6.57. The molecular formula is C15H19ClN2OS. The van der Waals surface area contributed by atoms with Gasteiger partial charge >= 0.3 is 0 Å². The molecule has 1 N–H and O–H groups in total. The van der Waals surface area contributed by atoms with Gasteiger partial charge in [0.15, 0.2) is 0 Å². The minimum Gasteiger partial charge on any atom is -0.495 e. The molecule has 3 nitrogen and oxygen atoms in total. The van der Waals surface area contributed by atoms with Gasteiger partial charge in [0.1, 0.15) is 10.8 Å². The van der Waals surface area contributed by atoms with E-state index in [-0.39, 0.29) is 6.04 Å². The molecule has 2 aromatic rings. The van der Waals surface area contributed by atoms with E-state index in [1.54, 1.807) is 18.4 Å². The summed E-state index contributed by atoms with van der Waals surface area (Å²) in [7, 11) is 3.55. The third-order valence-electron chi connectivity index (χ3n) is 3.29. The van der Waals surface area contributed by atoms with E-state index in [1.165, 1.54) is 10.6 Å². The molecule has 0 saturated heterocycles. The molecule has 0 aliphatic rings. The normalized spacial score (nSPS) is 12.4.